The van der Waals surface area contributed by atoms with Crippen LogP contribution in [-0.4, -0.2) is 47.4 Å². The van der Waals surface area contributed by atoms with Crippen molar-refractivity contribution in [1.29, 1.82) is 0 Å². The highest BCUT2D eigenvalue weighted by molar-refractivity contribution is 7.99. The van der Waals surface area contributed by atoms with Crippen LogP contribution in [0.5, 0.6) is 0 Å². The van der Waals surface area contributed by atoms with Crippen LogP contribution in [0.2, 0.25) is 0 Å². The molecule has 1 unspecified atom stereocenters. The van der Waals surface area contributed by atoms with Crippen LogP contribution in [0.25, 0.3) is 0 Å². The Morgan fingerprint density at radius 3 is 2.58 bits per heavy atom. The number of carbonyl (C=O) groups excluding carboxylic acids is 2. The average Bonchev–Trinajstić information content (AvgIpc) is 2.42. The molecule has 1 fully saturated rings. The third-order valence-corrected chi connectivity index (χ3v) is 4.28. The van der Waals surface area contributed by atoms with Crippen LogP contribution in [0.4, 0.5) is 0 Å². The van der Waals surface area contributed by atoms with Gasteiger partial charge in [0.05, 0.1) is 5.75 Å². The number of hydrazine groups is 1. The summed E-state index contributed by atoms with van der Waals surface area (Å²) in [5.74, 6) is 6.49. The SMILES string of the molecule is CC(N)CCSCC(=O)N1CCC(C(=O)NN)CC1. The quantitative estimate of drug-likeness (QED) is 0.269. The fourth-order valence-corrected chi connectivity index (χ4v) is 3.07. The van der Waals surface area contributed by atoms with Crippen LogP contribution in [0.3, 0.4) is 0 Å². The molecular weight excluding hydrogens is 264 g/mol. The first-order valence-corrected chi connectivity index (χ1v) is 7.81. The number of nitrogens with two attached hydrogens (primary N) is 2. The molecule has 0 aromatic carbocycles. The normalized spacial score (nSPS) is 18.2. The minimum atomic E-state index is -0.126. The van der Waals surface area contributed by atoms with E-state index in [4.69, 9.17) is 11.6 Å². The Bertz CT molecular complexity index is 304. The molecule has 0 bridgehead atoms. The summed E-state index contributed by atoms with van der Waals surface area (Å²) in [6, 6.07) is 0.188. The topological polar surface area (TPSA) is 101 Å². The molecule has 0 saturated carbocycles. The molecule has 0 radical (unpaired) electrons. The van der Waals surface area contributed by atoms with Gasteiger partial charge in [-0.2, -0.15) is 11.8 Å². The highest BCUT2D eigenvalue weighted by Gasteiger charge is 2.26. The molecule has 1 heterocycles. The summed E-state index contributed by atoms with van der Waals surface area (Å²) >= 11 is 1.62. The first kappa shape index (κ1) is 16.3. The fourth-order valence-electron chi connectivity index (χ4n) is 2.03. The second kappa shape index (κ2) is 8.39. The summed E-state index contributed by atoms with van der Waals surface area (Å²) < 4.78 is 0. The summed E-state index contributed by atoms with van der Waals surface area (Å²) in [5, 5.41) is 0. The second-order valence-corrected chi connectivity index (χ2v) is 6.09. The molecule has 0 aliphatic carbocycles. The number of hydrogen-bond donors (Lipinski definition) is 3. The second-order valence-electron chi connectivity index (χ2n) is 4.98. The van der Waals surface area contributed by atoms with Gasteiger partial charge in [-0.1, -0.05) is 0 Å². The molecule has 0 aromatic rings. The van der Waals surface area contributed by atoms with Crippen molar-refractivity contribution in [2.45, 2.75) is 32.2 Å². The standard InChI is InChI=1S/C12H24N4O2S/c1-9(13)4-7-19-8-11(17)16-5-2-10(3-6-16)12(18)15-14/h9-10H,2-8,13-14H2,1H3,(H,15,18). The van der Waals surface area contributed by atoms with Crippen molar-refractivity contribution < 1.29 is 9.59 Å². The Labute approximate surface area is 118 Å². The molecule has 1 atom stereocenters. The van der Waals surface area contributed by atoms with Gasteiger partial charge in [-0.05, 0) is 31.9 Å². The van der Waals surface area contributed by atoms with Crippen molar-refractivity contribution in [3.05, 3.63) is 0 Å². The molecule has 1 saturated heterocycles. The highest BCUT2D eigenvalue weighted by Crippen LogP contribution is 2.18. The predicted octanol–water partition coefficient (Wildman–Crippen LogP) is -0.315. The lowest BCUT2D eigenvalue weighted by molar-refractivity contribution is -0.133. The maximum atomic E-state index is 11.9. The van der Waals surface area contributed by atoms with Gasteiger partial charge in [0.25, 0.3) is 0 Å². The van der Waals surface area contributed by atoms with Gasteiger partial charge in [0.1, 0.15) is 0 Å². The highest BCUT2D eigenvalue weighted by atomic mass is 32.2. The zero-order chi connectivity index (χ0) is 14.3. The van der Waals surface area contributed by atoms with Crippen molar-refractivity contribution in [2.24, 2.45) is 17.5 Å². The van der Waals surface area contributed by atoms with Crippen LogP contribution < -0.4 is 17.0 Å². The minimum Gasteiger partial charge on any atom is -0.342 e. The number of rotatable bonds is 6. The van der Waals surface area contributed by atoms with E-state index >= 15 is 0 Å². The lowest BCUT2D eigenvalue weighted by atomic mass is 9.96. The van der Waals surface area contributed by atoms with E-state index in [0.29, 0.717) is 31.7 Å². The zero-order valence-corrected chi connectivity index (χ0v) is 12.2. The molecule has 1 rings (SSSR count). The van der Waals surface area contributed by atoms with E-state index in [1.807, 2.05) is 11.8 Å². The van der Waals surface area contributed by atoms with Gasteiger partial charge in [-0.3, -0.25) is 15.0 Å². The third-order valence-electron chi connectivity index (χ3n) is 3.30. The minimum absolute atomic E-state index is 0.0557. The summed E-state index contributed by atoms with van der Waals surface area (Å²) in [4.78, 5) is 25.1. The number of carbonyl (C=O) groups is 2. The van der Waals surface area contributed by atoms with E-state index < -0.39 is 0 Å². The Morgan fingerprint density at radius 1 is 1.42 bits per heavy atom. The third kappa shape index (κ3) is 5.80. The fraction of sp³-hybridized carbons (Fsp3) is 0.833. The molecule has 110 valence electrons. The molecule has 6 nitrogen and oxygen atoms in total. The summed E-state index contributed by atoms with van der Waals surface area (Å²) in [5.41, 5.74) is 7.82. The van der Waals surface area contributed by atoms with Gasteiger partial charge in [-0.25, -0.2) is 5.84 Å². The number of thioether (sulfide) groups is 1. The van der Waals surface area contributed by atoms with Crippen molar-refractivity contribution in [2.75, 3.05) is 24.6 Å². The van der Waals surface area contributed by atoms with Crippen molar-refractivity contribution >= 4 is 23.6 Å². The van der Waals surface area contributed by atoms with Crippen molar-refractivity contribution in [1.82, 2.24) is 10.3 Å². The van der Waals surface area contributed by atoms with E-state index in [2.05, 4.69) is 5.43 Å². The van der Waals surface area contributed by atoms with Crippen LogP contribution in [0, 0.1) is 5.92 Å². The summed E-state index contributed by atoms with van der Waals surface area (Å²) in [7, 11) is 0. The Hall–Kier alpha value is -0.790. The molecule has 0 aromatic heterocycles. The van der Waals surface area contributed by atoms with Gasteiger partial charge in [-0.15, -0.1) is 0 Å². The largest absolute Gasteiger partial charge is 0.342 e. The van der Waals surface area contributed by atoms with Crippen LogP contribution in [0.15, 0.2) is 0 Å². The molecule has 1 aliphatic rings. The van der Waals surface area contributed by atoms with Crippen LogP contribution in [0.1, 0.15) is 26.2 Å². The first-order chi connectivity index (χ1) is 9.04. The van der Waals surface area contributed by atoms with E-state index in [1.165, 1.54) is 0 Å². The van der Waals surface area contributed by atoms with Gasteiger partial charge < -0.3 is 10.6 Å². The number of hydrogen-bond acceptors (Lipinski definition) is 5. The van der Waals surface area contributed by atoms with Gasteiger partial charge in [0, 0.05) is 25.0 Å². The van der Waals surface area contributed by atoms with Gasteiger partial charge >= 0.3 is 0 Å². The van der Waals surface area contributed by atoms with Crippen LogP contribution in [-0.2, 0) is 9.59 Å². The average molecular weight is 288 g/mol. The first-order valence-electron chi connectivity index (χ1n) is 6.66. The molecule has 7 heteroatoms. The number of nitrogens with one attached hydrogen (secondary N) is 1. The maximum absolute atomic E-state index is 11.9. The maximum Gasteiger partial charge on any atom is 0.237 e. The summed E-state index contributed by atoms with van der Waals surface area (Å²) in [6.45, 7) is 3.26. The number of piperidine rings is 1. The van der Waals surface area contributed by atoms with E-state index in [1.54, 1.807) is 11.8 Å². The van der Waals surface area contributed by atoms with Gasteiger partial charge in [0.15, 0.2) is 0 Å². The van der Waals surface area contributed by atoms with E-state index in [-0.39, 0.29) is 23.8 Å². The zero-order valence-electron chi connectivity index (χ0n) is 11.4. The van der Waals surface area contributed by atoms with Crippen molar-refractivity contribution in [3.63, 3.8) is 0 Å². The molecule has 5 N–H and O–H groups in total. The monoisotopic (exact) mass is 288 g/mol. The smallest absolute Gasteiger partial charge is 0.237 e. The molecule has 1 aliphatic heterocycles. The predicted molar refractivity (Wildman–Crippen MR) is 77.2 cm³/mol. The summed E-state index contributed by atoms with van der Waals surface area (Å²) in [6.07, 6.45) is 2.31. The lowest BCUT2D eigenvalue weighted by Crippen LogP contribution is -2.45. The van der Waals surface area contributed by atoms with Crippen molar-refractivity contribution in [3.8, 4) is 0 Å². The van der Waals surface area contributed by atoms with Crippen LogP contribution >= 0.6 is 11.8 Å². The Kier molecular flexibility index (Phi) is 7.19. The molecule has 2 amide bonds. The van der Waals surface area contributed by atoms with Gasteiger partial charge in [0.2, 0.25) is 11.8 Å². The number of nitrogens with zero attached hydrogens (tertiary/aromatic N) is 1. The Balaban J connectivity index is 2.20. The molecule has 19 heavy (non-hydrogen) atoms. The number of likely N-dealkylation sites (tertiary alicyclic amines) is 1. The molecule has 0 spiro atoms. The Morgan fingerprint density at radius 2 is 2.05 bits per heavy atom. The molecular formula is C12H24N4O2S. The lowest BCUT2D eigenvalue weighted by Gasteiger charge is -2.31. The van der Waals surface area contributed by atoms with E-state index in [9.17, 15) is 9.59 Å². The van der Waals surface area contributed by atoms with E-state index in [0.717, 1.165) is 12.2 Å². The number of amides is 2.